The highest BCUT2D eigenvalue weighted by atomic mass is 32.1. The highest BCUT2D eigenvalue weighted by molar-refractivity contribution is 7.25. The van der Waals surface area contributed by atoms with Crippen molar-refractivity contribution in [2.75, 3.05) is 6.54 Å². The summed E-state index contributed by atoms with van der Waals surface area (Å²) in [5.74, 6) is -0.0400. The highest BCUT2D eigenvalue weighted by Gasteiger charge is 2.12. The Kier molecular flexibility index (Phi) is 3.42. The Bertz CT molecular complexity index is 1040. The van der Waals surface area contributed by atoms with Gasteiger partial charge >= 0.3 is 0 Å². The van der Waals surface area contributed by atoms with Crippen LogP contribution in [-0.4, -0.2) is 22.4 Å². The van der Waals surface area contributed by atoms with E-state index in [1.807, 2.05) is 49.4 Å². The van der Waals surface area contributed by atoms with Crippen molar-refractivity contribution in [3.63, 3.8) is 0 Å². The molecule has 1 N–H and O–H groups in total. The van der Waals surface area contributed by atoms with Gasteiger partial charge in [0.15, 0.2) is 0 Å². The number of fused-ring (bicyclic) bond motifs is 4. The van der Waals surface area contributed by atoms with Crippen molar-refractivity contribution >= 4 is 48.7 Å². The molecule has 0 unspecified atom stereocenters. The number of thiophene rings is 1. The largest absolute Gasteiger partial charge is 0.352 e. The molecule has 4 nitrogen and oxygen atoms in total. The van der Waals surface area contributed by atoms with Crippen LogP contribution < -0.4 is 5.32 Å². The lowest BCUT2D eigenvalue weighted by molar-refractivity contribution is 0.0954. The van der Waals surface area contributed by atoms with Gasteiger partial charge in [-0.05, 0) is 36.8 Å². The van der Waals surface area contributed by atoms with E-state index < -0.39 is 0 Å². The zero-order valence-corrected chi connectivity index (χ0v) is 13.5. The van der Waals surface area contributed by atoms with Crippen molar-refractivity contribution < 1.29 is 4.79 Å². The van der Waals surface area contributed by atoms with Crippen molar-refractivity contribution in [3.05, 3.63) is 48.0 Å². The van der Waals surface area contributed by atoms with E-state index in [1.165, 1.54) is 0 Å². The number of carbonyl (C=O) groups is 1. The quantitative estimate of drug-likeness (QED) is 0.617. The average molecular weight is 321 g/mol. The number of hydrogen-bond acceptors (Lipinski definition) is 4. The summed E-state index contributed by atoms with van der Waals surface area (Å²) >= 11 is 1.61. The van der Waals surface area contributed by atoms with Crippen LogP contribution in [0.3, 0.4) is 0 Å². The summed E-state index contributed by atoms with van der Waals surface area (Å²) in [6, 6.07) is 13.6. The molecule has 0 aliphatic heterocycles. The fourth-order valence-electron chi connectivity index (χ4n) is 2.62. The molecule has 0 atom stereocenters. The zero-order valence-electron chi connectivity index (χ0n) is 12.7. The predicted molar refractivity (Wildman–Crippen MR) is 95.1 cm³/mol. The molecule has 2 aromatic carbocycles. The first-order chi connectivity index (χ1) is 11.3. The van der Waals surface area contributed by atoms with Crippen molar-refractivity contribution in [1.29, 1.82) is 0 Å². The van der Waals surface area contributed by atoms with Crippen molar-refractivity contribution in [3.8, 4) is 0 Å². The van der Waals surface area contributed by atoms with Crippen LogP contribution in [0.1, 0.15) is 23.7 Å². The first-order valence-corrected chi connectivity index (χ1v) is 8.45. The Balaban J connectivity index is 1.90. The Morgan fingerprint density at radius 2 is 1.91 bits per heavy atom. The van der Waals surface area contributed by atoms with Crippen LogP contribution >= 0.6 is 11.3 Å². The highest BCUT2D eigenvalue weighted by Crippen LogP contribution is 2.33. The molecule has 114 valence electrons. The normalized spacial score (nSPS) is 11.3. The van der Waals surface area contributed by atoms with Crippen LogP contribution in [0, 0.1) is 0 Å². The third-order valence-electron chi connectivity index (χ3n) is 3.78. The molecule has 0 spiro atoms. The van der Waals surface area contributed by atoms with Crippen LogP contribution in [0.15, 0.2) is 42.5 Å². The first kappa shape index (κ1) is 14.1. The molecule has 0 aliphatic carbocycles. The van der Waals surface area contributed by atoms with Gasteiger partial charge in [0.05, 0.1) is 11.0 Å². The van der Waals surface area contributed by atoms with Gasteiger partial charge in [-0.25, -0.2) is 9.97 Å². The van der Waals surface area contributed by atoms with E-state index in [9.17, 15) is 4.79 Å². The molecule has 5 heteroatoms. The van der Waals surface area contributed by atoms with Gasteiger partial charge < -0.3 is 5.32 Å². The van der Waals surface area contributed by atoms with Crippen LogP contribution in [0.4, 0.5) is 0 Å². The Morgan fingerprint density at radius 3 is 2.70 bits per heavy atom. The summed E-state index contributed by atoms with van der Waals surface area (Å²) in [6.45, 7) is 2.72. The molecule has 0 aliphatic rings. The molecule has 1 amide bonds. The standard InChI is InChI=1S/C18H15N3OS/c1-2-9-19-17(22)11-7-8-15-12(10-11)16-18(23-15)21-14-6-4-3-5-13(14)20-16/h3-8,10H,2,9H2,1H3,(H,19,22). The Morgan fingerprint density at radius 1 is 1.13 bits per heavy atom. The SMILES string of the molecule is CCCNC(=O)c1ccc2sc3nc4ccccc4nc3c2c1. The topological polar surface area (TPSA) is 54.9 Å². The molecule has 4 rings (SSSR count). The maximum atomic E-state index is 12.2. The third kappa shape index (κ3) is 2.43. The Labute approximate surface area is 137 Å². The van der Waals surface area contributed by atoms with Crippen molar-refractivity contribution in [2.24, 2.45) is 0 Å². The number of rotatable bonds is 3. The van der Waals surface area contributed by atoms with E-state index >= 15 is 0 Å². The predicted octanol–water partition coefficient (Wildman–Crippen LogP) is 4.14. The average Bonchev–Trinajstić information content (AvgIpc) is 2.94. The number of nitrogens with zero attached hydrogens (tertiary/aromatic N) is 2. The number of hydrogen-bond donors (Lipinski definition) is 1. The Hall–Kier alpha value is -2.53. The number of benzene rings is 2. The summed E-state index contributed by atoms with van der Waals surface area (Å²) in [7, 11) is 0. The smallest absolute Gasteiger partial charge is 0.251 e. The third-order valence-corrected chi connectivity index (χ3v) is 4.83. The molecular weight excluding hydrogens is 306 g/mol. The summed E-state index contributed by atoms with van der Waals surface area (Å²) < 4.78 is 1.10. The molecule has 4 aromatic rings. The molecule has 23 heavy (non-hydrogen) atoms. The molecule has 2 aromatic heterocycles. The van der Waals surface area contributed by atoms with E-state index in [2.05, 4.69) is 5.32 Å². The van der Waals surface area contributed by atoms with E-state index in [0.29, 0.717) is 12.1 Å². The van der Waals surface area contributed by atoms with Gasteiger partial charge in [-0.2, -0.15) is 0 Å². The minimum absolute atomic E-state index is 0.0400. The van der Waals surface area contributed by atoms with Crippen LogP contribution in [-0.2, 0) is 0 Å². The molecule has 0 fully saturated rings. The molecule has 0 saturated heterocycles. The van der Waals surface area contributed by atoms with E-state index in [-0.39, 0.29) is 5.91 Å². The van der Waals surface area contributed by atoms with Gasteiger partial charge in [0.25, 0.3) is 5.91 Å². The summed E-state index contributed by atoms with van der Waals surface area (Å²) in [5.41, 5.74) is 3.31. The molecule has 2 heterocycles. The van der Waals surface area contributed by atoms with Crippen LogP contribution in [0.2, 0.25) is 0 Å². The molecule has 0 saturated carbocycles. The fraction of sp³-hybridized carbons (Fsp3) is 0.167. The van der Waals surface area contributed by atoms with Crippen LogP contribution in [0.25, 0.3) is 31.5 Å². The lowest BCUT2D eigenvalue weighted by Crippen LogP contribution is -2.23. The summed E-state index contributed by atoms with van der Waals surface area (Å²) in [5, 5.41) is 3.90. The van der Waals surface area contributed by atoms with Crippen molar-refractivity contribution in [1.82, 2.24) is 15.3 Å². The van der Waals surface area contributed by atoms with Crippen molar-refractivity contribution in [2.45, 2.75) is 13.3 Å². The van der Waals surface area contributed by atoms with Gasteiger partial charge in [-0.1, -0.05) is 19.1 Å². The monoisotopic (exact) mass is 321 g/mol. The minimum atomic E-state index is -0.0400. The summed E-state index contributed by atoms with van der Waals surface area (Å²) in [4.78, 5) is 22.5. The lowest BCUT2D eigenvalue weighted by Gasteiger charge is -2.03. The van der Waals surface area contributed by atoms with Gasteiger partial charge in [0.1, 0.15) is 10.3 Å². The molecule has 0 radical (unpaired) electrons. The second-order valence-corrected chi connectivity index (χ2v) is 6.47. The maximum absolute atomic E-state index is 12.2. The number of amides is 1. The minimum Gasteiger partial charge on any atom is -0.352 e. The van der Waals surface area contributed by atoms with E-state index in [0.717, 1.165) is 37.9 Å². The number of aromatic nitrogens is 2. The lowest BCUT2D eigenvalue weighted by atomic mass is 10.1. The van der Waals surface area contributed by atoms with E-state index in [1.54, 1.807) is 11.3 Å². The summed E-state index contributed by atoms with van der Waals surface area (Å²) in [6.07, 6.45) is 0.923. The number of para-hydroxylation sites is 2. The second-order valence-electron chi connectivity index (χ2n) is 5.43. The van der Waals surface area contributed by atoms with Gasteiger partial charge in [-0.3, -0.25) is 4.79 Å². The molecular formula is C18H15N3OS. The number of carbonyl (C=O) groups excluding carboxylic acids is 1. The van der Waals surface area contributed by atoms with Crippen LogP contribution in [0.5, 0.6) is 0 Å². The first-order valence-electron chi connectivity index (χ1n) is 7.63. The molecule has 0 bridgehead atoms. The zero-order chi connectivity index (χ0) is 15.8. The van der Waals surface area contributed by atoms with E-state index in [4.69, 9.17) is 9.97 Å². The second kappa shape index (κ2) is 5.59. The maximum Gasteiger partial charge on any atom is 0.251 e. The van der Waals surface area contributed by atoms with Gasteiger partial charge in [0.2, 0.25) is 0 Å². The number of nitrogens with one attached hydrogen (secondary N) is 1. The van der Waals surface area contributed by atoms with Gasteiger partial charge in [0, 0.05) is 22.2 Å². The fourth-order valence-corrected chi connectivity index (χ4v) is 3.63. The van der Waals surface area contributed by atoms with Gasteiger partial charge in [-0.15, -0.1) is 11.3 Å².